The smallest absolute Gasteiger partial charge is 0.332 e. The van der Waals surface area contributed by atoms with Crippen molar-refractivity contribution in [2.75, 3.05) is 18.4 Å². The first kappa shape index (κ1) is 20.2. The Kier molecular flexibility index (Phi) is 6.57. The van der Waals surface area contributed by atoms with E-state index in [1.54, 1.807) is 0 Å². The highest BCUT2D eigenvalue weighted by Gasteiger charge is 2.26. The first-order valence-electron chi connectivity index (χ1n) is 8.61. The maximum atomic E-state index is 12.8. The van der Waals surface area contributed by atoms with Gasteiger partial charge in [0.05, 0.1) is 4.90 Å². The SMILES string of the molecule is CC[C@H](C)C(=O)N1CCC(NC(=O)Nc2ccc(S(=O)(=O)F)cc2)CC1. The van der Waals surface area contributed by atoms with Gasteiger partial charge in [0.15, 0.2) is 0 Å². The predicted octanol–water partition coefficient (Wildman–Crippen LogP) is 2.50. The Morgan fingerprint density at radius 1 is 1.23 bits per heavy atom. The Morgan fingerprint density at radius 2 is 1.81 bits per heavy atom. The molecule has 1 aliphatic rings. The standard InChI is InChI=1S/C17H24FN3O4S/c1-3-12(2)16(22)21-10-8-14(9-11-21)20-17(23)19-13-4-6-15(7-5-13)26(18,24)25/h4-7,12,14H,3,8-11H2,1-2H3,(H2,19,20,23)/t12-/m0/s1. The summed E-state index contributed by atoms with van der Waals surface area (Å²) in [7, 11) is -4.75. The second-order valence-electron chi connectivity index (χ2n) is 6.47. The Bertz CT molecular complexity index is 744. The highest BCUT2D eigenvalue weighted by atomic mass is 32.3. The number of rotatable bonds is 5. The largest absolute Gasteiger partial charge is 0.342 e. The number of nitrogens with zero attached hydrogens (tertiary/aromatic N) is 1. The van der Waals surface area contributed by atoms with Crippen LogP contribution in [0.1, 0.15) is 33.1 Å². The van der Waals surface area contributed by atoms with Crippen LogP contribution in [0.2, 0.25) is 0 Å². The van der Waals surface area contributed by atoms with E-state index in [-0.39, 0.29) is 17.9 Å². The third-order valence-electron chi connectivity index (χ3n) is 4.57. The van der Waals surface area contributed by atoms with E-state index >= 15 is 0 Å². The Balaban J connectivity index is 1.81. The van der Waals surface area contributed by atoms with E-state index in [4.69, 9.17) is 0 Å². The molecule has 2 N–H and O–H groups in total. The molecule has 9 heteroatoms. The summed E-state index contributed by atoms with van der Waals surface area (Å²) in [5, 5.41) is 5.42. The van der Waals surface area contributed by atoms with Gasteiger partial charge in [0, 0.05) is 30.7 Å². The van der Waals surface area contributed by atoms with Gasteiger partial charge in [0.2, 0.25) is 5.91 Å². The number of anilines is 1. The lowest BCUT2D eigenvalue weighted by Crippen LogP contribution is -2.48. The average Bonchev–Trinajstić information content (AvgIpc) is 2.60. The Morgan fingerprint density at radius 3 is 2.31 bits per heavy atom. The maximum absolute atomic E-state index is 12.8. The van der Waals surface area contributed by atoms with Crippen molar-refractivity contribution in [2.45, 2.75) is 44.0 Å². The molecule has 1 aromatic rings. The summed E-state index contributed by atoms with van der Waals surface area (Å²) in [4.78, 5) is 25.6. The molecular formula is C17H24FN3O4S. The van der Waals surface area contributed by atoms with Gasteiger partial charge in [-0.15, -0.1) is 3.89 Å². The molecule has 0 aromatic heterocycles. The average molecular weight is 385 g/mol. The van der Waals surface area contributed by atoms with Crippen LogP contribution in [0.15, 0.2) is 29.2 Å². The predicted molar refractivity (Wildman–Crippen MR) is 95.9 cm³/mol. The maximum Gasteiger partial charge on any atom is 0.332 e. The number of piperidine rings is 1. The number of hydrogen-bond donors (Lipinski definition) is 2. The van der Waals surface area contributed by atoms with E-state index in [1.807, 2.05) is 18.7 Å². The molecule has 0 unspecified atom stereocenters. The van der Waals surface area contributed by atoms with Crippen molar-refractivity contribution < 1.29 is 21.9 Å². The number of nitrogens with one attached hydrogen (secondary N) is 2. The lowest BCUT2D eigenvalue weighted by atomic mass is 10.0. The lowest BCUT2D eigenvalue weighted by molar-refractivity contribution is -0.136. The fraction of sp³-hybridized carbons (Fsp3) is 0.529. The molecule has 3 amide bonds. The number of carbonyl (C=O) groups is 2. The monoisotopic (exact) mass is 385 g/mol. The molecule has 0 aliphatic carbocycles. The molecule has 1 saturated heterocycles. The summed E-state index contributed by atoms with van der Waals surface area (Å²) in [6, 6.07) is 4.35. The molecular weight excluding hydrogens is 361 g/mol. The molecule has 1 atom stereocenters. The molecule has 26 heavy (non-hydrogen) atoms. The zero-order valence-corrected chi connectivity index (χ0v) is 15.7. The molecule has 0 radical (unpaired) electrons. The molecule has 0 saturated carbocycles. The van der Waals surface area contributed by atoms with Crippen molar-refractivity contribution in [1.82, 2.24) is 10.2 Å². The molecule has 1 aliphatic heterocycles. The molecule has 2 rings (SSSR count). The van der Waals surface area contributed by atoms with Gasteiger partial charge in [-0.2, -0.15) is 8.42 Å². The molecule has 1 fully saturated rings. The summed E-state index contributed by atoms with van der Waals surface area (Å²) in [5.41, 5.74) is 0.360. The lowest BCUT2D eigenvalue weighted by Gasteiger charge is -2.33. The highest BCUT2D eigenvalue weighted by molar-refractivity contribution is 7.86. The van der Waals surface area contributed by atoms with Gasteiger partial charge in [-0.25, -0.2) is 4.79 Å². The van der Waals surface area contributed by atoms with Crippen molar-refractivity contribution in [3.05, 3.63) is 24.3 Å². The summed E-state index contributed by atoms with van der Waals surface area (Å²) in [5.74, 6) is 0.164. The topological polar surface area (TPSA) is 95.6 Å². The summed E-state index contributed by atoms with van der Waals surface area (Å²) in [6.07, 6.45) is 2.16. The third-order valence-corrected chi connectivity index (χ3v) is 5.40. The van der Waals surface area contributed by atoms with Crippen molar-refractivity contribution >= 4 is 27.8 Å². The first-order valence-corrected chi connectivity index (χ1v) is 10.00. The fourth-order valence-electron chi connectivity index (χ4n) is 2.78. The number of hydrogen-bond acceptors (Lipinski definition) is 4. The minimum Gasteiger partial charge on any atom is -0.342 e. The quantitative estimate of drug-likeness (QED) is 0.761. The molecule has 144 valence electrons. The number of likely N-dealkylation sites (tertiary alicyclic amines) is 1. The minimum atomic E-state index is -4.75. The molecule has 0 bridgehead atoms. The van der Waals surface area contributed by atoms with E-state index in [0.717, 1.165) is 18.6 Å². The van der Waals surface area contributed by atoms with Crippen molar-refractivity contribution in [2.24, 2.45) is 5.92 Å². The van der Waals surface area contributed by atoms with Crippen LogP contribution in [0.4, 0.5) is 14.4 Å². The molecule has 0 spiro atoms. The number of urea groups is 1. The molecule has 7 nitrogen and oxygen atoms in total. The molecule has 1 heterocycles. The molecule has 1 aromatic carbocycles. The third kappa shape index (κ3) is 5.42. The van der Waals surface area contributed by atoms with E-state index in [2.05, 4.69) is 10.6 Å². The first-order chi connectivity index (χ1) is 12.2. The van der Waals surface area contributed by atoms with Gasteiger partial charge in [0.1, 0.15) is 0 Å². The van der Waals surface area contributed by atoms with Crippen LogP contribution in [0, 0.1) is 5.92 Å². The van der Waals surface area contributed by atoms with Crippen LogP contribution in [0.5, 0.6) is 0 Å². The second-order valence-corrected chi connectivity index (χ2v) is 7.82. The van der Waals surface area contributed by atoms with Crippen LogP contribution >= 0.6 is 0 Å². The van der Waals surface area contributed by atoms with Gasteiger partial charge < -0.3 is 15.5 Å². The van der Waals surface area contributed by atoms with Crippen LogP contribution in [-0.2, 0) is 15.0 Å². The summed E-state index contributed by atoms with van der Waals surface area (Å²) < 4.78 is 34.4. The Hall–Kier alpha value is -2.16. The fourth-order valence-corrected chi connectivity index (χ4v) is 3.25. The van der Waals surface area contributed by atoms with Crippen molar-refractivity contribution in [3.63, 3.8) is 0 Å². The van der Waals surface area contributed by atoms with Gasteiger partial charge >= 0.3 is 16.3 Å². The summed E-state index contributed by atoms with van der Waals surface area (Å²) >= 11 is 0. The van der Waals surface area contributed by atoms with Gasteiger partial charge in [-0.1, -0.05) is 13.8 Å². The number of amides is 3. The van der Waals surface area contributed by atoms with Crippen LogP contribution in [0.25, 0.3) is 0 Å². The van der Waals surface area contributed by atoms with Gasteiger partial charge in [0.25, 0.3) is 0 Å². The van der Waals surface area contributed by atoms with Crippen molar-refractivity contribution in [1.29, 1.82) is 0 Å². The van der Waals surface area contributed by atoms with Crippen LogP contribution in [0.3, 0.4) is 0 Å². The van der Waals surface area contributed by atoms with Gasteiger partial charge in [-0.05, 0) is 43.5 Å². The van der Waals surface area contributed by atoms with Gasteiger partial charge in [-0.3, -0.25) is 4.79 Å². The van der Waals surface area contributed by atoms with E-state index in [0.29, 0.717) is 31.6 Å². The van der Waals surface area contributed by atoms with Crippen molar-refractivity contribution in [3.8, 4) is 0 Å². The zero-order chi connectivity index (χ0) is 19.3. The minimum absolute atomic E-state index is 0.0129. The van der Waals surface area contributed by atoms with E-state index in [1.165, 1.54) is 12.1 Å². The van der Waals surface area contributed by atoms with Crippen LogP contribution < -0.4 is 10.6 Å². The van der Waals surface area contributed by atoms with E-state index < -0.39 is 21.1 Å². The number of halogens is 1. The number of carbonyl (C=O) groups excluding carboxylic acids is 2. The second kappa shape index (κ2) is 8.48. The summed E-state index contributed by atoms with van der Waals surface area (Å²) in [6.45, 7) is 5.12. The van der Waals surface area contributed by atoms with E-state index in [9.17, 15) is 21.9 Å². The normalized spacial score (nSPS) is 16.8. The number of benzene rings is 1. The Labute approximate surface area is 153 Å². The van der Waals surface area contributed by atoms with Crippen LogP contribution in [-0.4, -0.2) is 44.4 Å². The highest BCUT2D eigenvalue weighted by Crippen LogP contribution is 2.17. The zero-order valence-electron chi connectivity index (χ0n) is 14.9.